The number of hydrogen-bond donors (Lipinski definition) is 6. The summed E-state index contributed by atoms with van der Waals surface area (Å²) in [6.45, 7) is 3.83. The number of carbonyl (C=O) groups is 1. The molecule has 0 aliphatic carbocycles. The summed E-state index contributed by atoms with van der Waals surface area (Å²) in [5.74, 6) is -0.172. The molecule has 0 bridgehead atoms. The smallest absolute Gasteiger partial charge is 0.220 e. The Morgan fingerprint density at radius 3 is 1.11 bits per heavy atom. The summed E-state index contributed by atoms with van der Waals surface area (Å²) < 4.78 is 11.3. The number of amides is 1. The van der Waals surface area contributed by atoms with E-state index < -0.39 is 49.5 Å². The molecule has 73 heavy (non-hydrogen) atoms. The van der Waals surface area contributed by atoms with Crippen molar-refractivity contribution in [3.63, 3.8) is 0 Å². The summed E-state index contributed by atoms with van der Waals surface area (Å²) in [5.41, 5.74) is 0. The molecule has 1 rings (SSSR count). The lowest BCUT2D eigenvalue weighted by atomic mass is 9.99. The highest BCUT2D eigenvalue weighted by Crippen LogP contribution is 2.23. The lowest BCUT2D eigenvalue weighted by Gasteiger charge is -2.40. The average molecular weight is 1030 g/mol. The van der Waals surface area contributed by atoms with Crippen LogP contribution in [-0.4, -0.2) is 87.5 Å². The van der Waals surface area contributed by atoms with Crippen LogP contribution in [0.4, 0.5) is 0 Å². The molecule has 432 valence electrons. The fraction of sp³-hybridized carbons (Fsp3) is 0.922. The van der Waals surface area contributed by atoms with E-state index in [0.29, 0.717) is 6.42 Å². The Morgan fingerprint density at radius 1 is 0.452 bits per heavy atom. The third-order valence-corrected chi connectivity index (χ3v) is 15.5. The zero-order chi connectivity index (χ0) is 52.9. The molecule has 1 fully saturated rings. The summed E-state index contributed by atoms with van der Waals surface area (Å²) in [4.78, 5) is 13.1. The lowest BCUT2D eigenvalue weighted by molar-refractivity contribution is -0.302. The van der Waals surface area contributed by atoms with Crippen molar-refractivity contribution >= 4 is 5.91 Å². The number of ether oxygens (including phenoxy) is 2. The van der Waals surface area contributed by atoms with Crippen LogP contribution in [0.5, 0.6) is 0 Å². The van der Waals surface area contributed by atoms with E-state index in [0.717, 1.165) is 38.5 Å². The molecule has 7 atom stereocenters. The van der Waals surface area contributed by atoms with Crippen LogP contribution >= 0.6 is 0 Å². The number of carbonyl (C=O) groups excluding carboxylic acids is 1. The van der Waals surface area contributed by atoms with Crippen molar-refractivity contribution in [1.29, 1.82) is 0 Å². The molecule has 0 spiro atoms. The first-order chi connectivity index (χ1) is 35.8. The van der Waals surface area contributed by atoms with Gasteiger partial charge in [-0.1, -0.05) is 295 Å². The molecule has 9 heteroatoms. The minimum atomic E-state index is -1.57. The minimum Gasteiger partial charge on any atom is -0.394 e. The topological polar surface area (TPSA) is 149 Å². The van der Waals surface area contributed by atoms with E-state index in [-0.39, 0.29) is 12.5 Å². The van der Waals surface area contributed by atoms with Crippen LogP contribution in [0.25, 0.3) is 0 Å². The van der Waals surface area contributed by atoms with Gasteiger partial charge < -0.3 is 40.3 Å². The number of rotatable bonds is 56. The molecule has 0 aromatic heterocycles. The second-order valence-electron chi connectivity index (χ2n) is 22.6. The fourth-order valence-electron chi connectivity index (χ4n) is 10.4. The van der Waals surface area contributed by atoms with Crippen LogP contribution in [0.3, 0.4) is 0 Å². The lowest BCUT2D eigenvalue weighted by Crippen LogP contribution is -2.60. The van der Waals surface area contributed by atoms with Crippen LogP contribution in [-0.2, 0) is 14.3 Å². The Hall–Kier alpha value is -1.33. The van der Waals surface area contributed by atoms with Gasteiger partial charge in [0.15, 0.2) is 6.29 Å². The normalized spacial score (nSPS) is 19.1. The third kappa shape index (κ3) is 43.4. The molecule has 0 aromatic rings. The zero-order valence-electron chi connectivity index (χ0n) is 48.2. The Morgan fingerprint density at radius 2 is 0.767 bits per heavy atom. The van der Waals surface area contributed by atoms with Gasteiger partial charge in [0.05, 0.1) is 25.4 Å². The molecule has 1 saturated heterocycles. The first-order valence-electron chi connectivity index (χ1n) is 32.1. The molecule has 0 radical (unpaired) electrons. The summed E-state index contributed by atoms with van der Waals surface area (Å²) in [6, 6.07) is -0.804. The first-order valence-corrected chi connectivity index (χ1v) is 32.1. The van der Waals surface area contributed by atoms with Crippen molar-refractivity contribution in [1.82, 2.24) is 5.32 Å². The quantitative estimate of drug-likeness (QED) is 0.0261. The van der Waals surface area contributed by atoms with Crippen molar-refractivity contribution in [2.75, 3.05) is 13.2 Å². The molecule has 6 N–H and O–H groups in total. The van der Waals surface area contributed by atoms with Gasteiger partial charge in [0.2, 0.25) is 5.91 Å². The van der Waals surface area contributed by atoms with E-state index in [4.69, 9.17) is 9.47 Å². The highest BCUT2D eigenvalue weighted by atomic mass is 16.7. The number of unbranched alkanes of at least 4 members (excludes halogenated alkanes) is 44. The molecule has 7 unspecified atom stereocenters. The fourth-order valence-corrected chi connectivity index (χ4v) is 10.4. The van der Waals surface area contributed by atoms with E-state index in [1.807, 2.05) is 6.08 Å². The molecule has 1 amide bonds. The highest BCUT2D eigenvalue weighted by molar-refractivity contribution is 5.76. The summed E-state index contributed by atoms with van der Waals surface area (Å²) in [6.07, 6.45) is 62.6. The molecule has 1 aliphatic rings. The van der Waals surface area contributed by atoms with Crippen molar-refractivity contribution in [3.05, 3.63) is 24.3 Å². The van der Waals surface area contributed by atoms with E-state index in [2.05, 4.69) is 31.3 Å². The molecular weight excluding hydrogens is 911 g/mol. The van der Waals surface area contributed by atoms with E-state index in [1.54, 1.807) is 6.08 Å². The van der Waals surface area contributed by atoms with Gasteiger partial charge in [-0.05, 0) is 44.9 Å². The molecule has 1 heterocycles. The number of nitrogens with one attached hydrogen (secondary N) is 1. The summed E-state index contributed by atoms with van der Waals surface area (Å²) >= 11 is 0. The largest absolute Gasteiger partial charge is 0.394 e. The molecule has 1 aliphatic heterocycles. The van der Waals surface area contributed by atoms with Crippen LogP contribution in [0, 0.1) is 0 Å². The summed E-state index contributed by atoms with van der Waals surface area (Å²) in [7, 11) is 0. The van der Waals surface area contributed by atoms with Crippen LogP contribution in [0.15, 0.2) is 24.3 Å². The molecule has 0 aromatic carbocycles. The van der Waals surface area contributed by atoms with Gasteiger partial charge in [-0.2, -0.15) is 0 Å². The van der Waals surface area contributed by atoms with E-state index >= 15 is 0 Å². The second-order valence-corrected chi connectivity index (χ2v) is 22.6. The van der Waals surface area contributed by atoms with E-state index in [1.165, 1.54) is 263 Å². The zero-order valence-corrected chi connectivity index (χ0v) is 48.2. The van der Waals surface area contributed by atoms with Gasteiger partial charge in [-0.25, -0.2) is 0 Å². The number of hydrogen-bond acceptors (Lipinski definition) is 8. The van der Waals surface area contributed by atoms with Crippen LogP contribution in [0.1, 0.15) is 322 Å². The SMILES string of the molecule is CCCCCCCCCCCCCC/C=C\CCCCCCCCCCCCCC(=O)NC(COC1OC(CO)C(O)C(O)C1O)C(O)/C=C/CCCCCCCCCCCCCCCCCCCCCCC. The predicted octanol–water partition coefficient (Wildman–Crippen LogP) is 16.5. The monoisotopic (exact) mass is 1030 g/mol. The van der Waals surface area contributed by atoms with Gasteiger partial charge in [-0.3, -0.25) is 4.79 Å². The maximum Gasteiger partial charge on any atom is 0.220 e. The Kier molecular flexibility index (Phi) is 51.6. The van der Waals surface area contributed by atoms with Gasteiger partial charge in [0, 0.05) is 6.42 Å². The molecule has 9 nitrogen and oxygen atoms in total. The number of aliphatic hydroxyl groups is 5. The average Bonchev–Trinajstić information content (AvgIpc) is 3.39. The Balaban J connectivity index is 2.17. The summed E-state index contributed by atoms with van der Waals surface area (Å²) in [5, 5.41) is 54.7. The van der Waals surface area contributed by atoms with Crippen LogP contribution < -0.4 is 5.32 Å². The maximum absolute atomic E-state index is 13.1. The molecule has 0 saturated carbocycles. The Labute approximate surface area is 451 Å². The minimum absolute atomic E-state index is 0.172. The van der Waals surface area contributed by atoms with Gasteiger partial charge in [-0.15, -0.1) is 0 Å². The van der Waals surface area contributed by atoms with Crippen LogP contribution in [0.2, 0.25) is 0 Å². The van der Waals surface area contributed by atoms with Gasteiger partial charge >= 0.3 is 0 Å². The first kappa shape index (κ1) is 69.7. The van der Waals surface area contributed by atoms with Gasteiger partial charge in [0.1, 0.15) is 24.4 Å². The highest BCUT2D eigenvalue weighted by Gasteiger charge is 2.44. The predicted molar refractivity (Wildman–Crippen MR) is 309 cm³/mol. The van der Waals surface area contributed by atoms with Crippen molar-refractivity contribution < 1.29 is 39.8 Å². The van der Waals surface area contributed by atoms with Gasteiger partial charge in [0.25, 0.3) is 0 Å². The maximum atomic E-state index is 13.1. The standard InChI is InChI=1S/C64H123NO8/c1-3-5-7-9-11-13-15-17-19-21-23-25-27-28-29-30-32-34-36-38-40-42-44-46-48-50-52-54-60(68)65-57(56-72-64-63(71)62(70)61(69)59(55-66)73-64)58(67)53-51-49-47-45-43-41-39-37-35-33-31-26-24-22-20-18-16-14-12-10-8-6-4-2/h28-29,51,53,57-59,61-64,66-67,69-71H,3-27,30-50,52,54-56H2,1-2H3,(H,65,68)/b29-28-,53-51+. The van der Waals surface area contributed by atoms with E-state index in [9.17, 15) is 30.3 Å². The molecular formula is C64H123NO8. The Bertz CT molecular complexity index is 1200. The van der Waals surface area contributed by atoms with Crippen molar-refractivity contribution in [2.45, 2.75) is 365 Å². The van der Waals surface area contributed by atoms with Crippen molar-refractivity contribution in [3.8, 4) is 0 Å². The second kappa shape index (κ2) is 54.0. The number of aliphatic hydroxyl groups excluding tert-OH is 5. The third-order valence-electron chi connectivity index (χ3n) is 15.5. The van der Waals surface area contributed by atoms with Crippen molar-refractivity contribution in [2.24, 2.45) is 0 Å². The number of allylic oxidation sites excluding steroid dienone is 3.